The lowest BCUT2D eigenvalue weighted by Gasteiger charge is -2.09. The Morgan fingerprint density at radius 3 is 2.56 bits per heavy atom. The van der Waals surface area contributed by atoms with E-state index < -0.39 is 6.10 Å². The Balaban J connectivity index is 3.48. The van der Waals surface area contributed by atoms with Crippen LogP contribution in [-0.4, -0.2) is 11.2 Å². The van der Waals surface area contributed by atoms with Gasteiger partial charge in [-0.3, -0.25) is 0 Å². The molecular weight excluding hydrogens is 114 g/mol. The molecule has 0 rings (SSSR count). The van der Waals surface area contributed by atoms with Gasteiger partial charge in [0.1, 0.15) is 6.10 Å². The number of hydrogen-bond donors (Lipinski definition) is 1. The Morgan fingerprint density at radius 1 is 1.67 bits per heavy atom. The summed E-state index contributed by atoms with van der Waals surface area (Å²) in [6.45, 7) is 3.93. The van der Waals surface area contributed by atoms with E-state index in [-0.39, 0.29) is 5.92 Å². The topological polar surface area (TPSA) is 44.0 Å². The second kappa shape index (κ2) is 4.34. The maximum absolute atomic E-state index is 8.90. The van der Waals surface area contributed by atoms with E-state index in [1.807, 2.05) is 13.8 Å². The van der Waals surface area contributed by atoms with Gasteiger partial charge in [-0.1, -0.05) is 20.3 Å². The number of nitrogens with zero attached hydrogens (tertiary/aromatic N) is 1. The van der Waals surface area contributed by atoms with Crippen LogP contribution in [0.1, 0.15) is 26.7 Å². The summed E-state index contributed by atoms with van der Waals surface area (Å²) in [5.74, 6) is 0.125. The minimum atomic E-state index is -0.773. The summed E-state index contributed by atoms with van der Waals surface area (Å²) >= 11 is 0. The van der Waals surface area contributed by atoms with Gasteiger partial charge in [0.15, 0.2) is 0 Å². The number of hydrogen-bond acceptors (Lipinski definition) is 2. The highest BCUT2D eigenvalue weighted by atomic mass is 16.3. The van der Waals surface area contributed by atoms with Crippen molar-refractivity contribution >= 4 is 0 Å². The first kappa shape index (κ1) is 8.45. The Kier molecular flexibility index (Phi) is 4.08. The van der Waals surface area contributed by atoms with E-state index in [0.717, 1.165) is 12.8 Å². The maximum Gasteiger partial charge on any atom is 0.143 e. The molecule has 0 aromatic heterocycles. The van der Waals surface area contributed by atoms with Gasteiger partial charge in [0, 0.05) is 0 Å². The third-order valence-electron chi connectivity index (χ3n) is 1.42. The molecule has 2 atom stereocenters. The molecular formula is C7H13NO. The van der Waals surface area contributed by atoms with Crippen LogP contribution in [0.25, 0.3) is 0 Å². The lowest BCUT2D eigenvalue weighted by atomic mass is 10.0. The molecule has 0 saturated carbocycles. The van der Waals surface area contributed by atoms with Crippen molar-refractivity contribution in [3.05, 3.63) is 0 Å². The summed E-state index contributed by atoms with van der Waals surface area (Å²) in [6, 6.07) is 1.81. The van der Waals surface area contributed by atoms with Crippen LogP contribution in [0.3, 0.4) is 0 Å². The van der Waals surface area contributed by atoms with Gasteiger partial charge >= 0.3 is 0 Å². The van der Waals surface area contributed by atoms with Gasteiger partial charge in [0.05, 0.1) is 6.07 Å². The summed E-state index contributed by atoms with van der Waals surface area (Å²) < 4.78 is 0. The zero-order valence-corrected chi connectivity index (χ0v) is 5.96. The molecule has 2 nitrogen and oxygen atoms in total. The molecule has 0 spiro atoms. The molecule has 0 aliphatic heterocycles. The maximum atomic E-state index is 8.90. The molecule has 0 bridgehead atoms. The van der Waals surface area contributed by atoms with E-state index in [9.17, 15) is 0 Å². The number of rotatable bonds is 3. The first-order valence-corrected chi connectivity index (χ1v) is 3.30. The van der Waals surface area contributed by atoms with Crippen LogP contribution in [0.5, 0.6) is 0 Å². The Morgan fingerprint density at radius 2 is 2.22 bits per heavy atom. The highest BCUT2D eigenvalue weighted by molar-refractivity contribution is 4.85. The minimum Gasteiger partial charge on any atom is -0.378 e. The van der Waals surface area contributed by atoms with Crippen LogP contribution in [-0.2, 0) is 0 Å². The van der Waals surface area contributed by atoms with E-state index >= 15 is 0 Å². The van der Waals surface area contributed by atoms with Crippen molar-refractivity contribution in [1.82, 2.24) is 0 Å². The van der Waals surface area contributed by atoms with Crippen LogP contribution in [0, 0.1) is 17.2 Å². The van der Waals surface area contributed by atoms with Crippen molar-refractivity contribution in [2.75, 3.05) is 0 Å². The van der Waals surface area contributed by atoms with Crippen LogP contribution in [0.4, 0.5) is 0 Å². The Labute approximate surface area is 56.1 Å². The molecule has 0 aliphatic rings. The summed E-state index contributed by atoms with van der Waals surface area (Å²) in [4.78, 5) is 0. The number of aliphatic hydroxyl groups excluding tert-OH is 1. The fourth-order valence-electron chi connectivity index (χ4n) is 0.740. The lowest BCUT2D eigenvalue weighted by molar-refractivity contribution is 0.163. The third kappa shape index (κ3) is 3.10. The molecule has 2 unspecified atom stereocenters. The van der Waals surface area contributed by atoms with Crippen molar-refractivity contribution in [3.8, 4) is 6.07 Å². The van der Waals surface area contributed by atoms with Crippen LogP contribution in [0.15, 0.2) is 0 Å². The molecule has 0 heterocycles. The van der Waals surface area contributed by atoms with Crippen molar-refractivity contribution in [3.63, 3.8) is 0 Å². The molecule has 0 amide bonds. The van der Waals surface area contributed by atoms with E-state index in [2.05, 4.69) is 0 Å². The largest absolute Gasteiger partial charge is 0.378 e. The molecule has 0 radical (unpaired) electrons. The molecule has 1 N–H and O–H groups in total. The molecule has 0 fully saturated rings. The summed E-state index contributed by atoms with van der Waals surface area (Å²) in [6.07, 6.45) is 1.18. The molecule has 0 aromatic rings. The van der Waals surface area contributed by atoms with Crippen molar-refractivity contribution < 1.29 is 5.11 Å². The standard InChI is InChI=1S/C7H13NO/c1-3-4-6(2)7(9)5-8/h6-7,9H,3-4H2,1-2H3. The second-order valence-corrected chi connectivity index (χ2v) is 2.34. The Hall–Kier alpha value is -0.550. The van der Waals surface area contributed by atoms with Crippen LogP contribution >= 0.6 is 0 Å². The highest BCUT2D eigenvalue weighted by Crippen LogP contribution is 2.08. The fourth-order valence-corrected chi connectivity index (χ4v) is 0.740. The van der Waals surface area contributed by atoms with Crippen molar-refractivity contribution in [1.29, 1.82) is 5.26 Å². The smallest absolute Gasteiger partial charge is 0.143 e. The van der Waals surface area contributed by atoms with Gasteiger partial charge in [-0.2, -0.15) is 5.26 Å². The number of nitriles is 1. The Bertz CT molecular complexity index is 106. The predicted molar refractivity (Wildman–Crippen MR) is 35.7 cm³/mol. The monoisotopic (exact) mass is 127 g/mol. The summed E-state index contributed by atoms with van der Waals surface area (Å²) in [5, 5.41) is 17.1. The zero-order chi connectivity index (χ0) is 7.28. The van der Waals surface area contributed by atoms with E-state index in [1.165, 1.54) is 0 Å². The molecule has 0 saturated heterocycles. The molecule has 52 valence electrons. The summed E-state index contributed by atoms with van der Waals surface area (Å²) in [7, 11) is 0. The molecule has 0 aromatic carbocycles. The average Bonchev–Trinajstić information content (AvgIpc) is 1.87. The molecule has 0 aliphatic carbocycles. The molecule has 9 heavy (non-hydrogen) atoms. The number of aliphatic hydroxyl groups is 1. The third-order valence-corrected chi connectivity index (χ3v) is 1.42. The van der Waals surface area contributed by atoms with Crippen molar-refractivity contribution in [2.45, 2.75) is 32.8 Å². The predicted octanol–water partition coefficient (Wildman–Crippen LogP) is 1.31. The van der Waals surface area contributed by atoms with Gasteiger partial charge in [0.2, 0.25) is 0 Å². The van der Waals surface area contributed by atoms with Gasteiger partial charge < -0.3 is 5.11 Å². The normalized spacial score (nSPS) is 16.2. The minimum absolute atomic E-state index is 0.125. The summed E-state index contributed by atoms with van der Waals surface area (Å²) in [5.41, 5.74) is 0. The van der Waals surface area contributed by atoms with Gasteiger partial charge in [-0.15, -0.1) is 0 Å². The second-order valence-electron chi connectivity index (χ2n) is 2.34. The first-order chi connectivity index (χ1) is 4.22. The first-order valence-electron chi connectivity index (χ1n) is 3.30. The SMILES string of the molecule is CCCC(C)C(O)C#N. The van der Waals surface area contributed by atoms with Crippen molar-refractivity contribution in [2.24, 2.45) is 5.92 Å². The highest BCUT2D eigenvalue weighted by Gasteiger charge is 2.10. The van der Waals surface area contributed by atoms with Gasteiger partial charge in [0.25, 0.3) is 0 Å². The van der Waals surface area contributed by atoms with Gasteiger partial charge in [-0.05, 0) is 12.3 Å². The average molecular weight is 127 g/mol. The van der Waals surface area contributed by atoms with Gasteiger partial charge in [-0.25, -0.2) is 0 Å². The lowest BCUT2D eigenvalue weighted by Crippen LogP contribution is -2.14. The fraction of sp³-hybridized carbons (Fsp3) is 0.857. The molecule has 2 heteroatoms. The van der Waals surface area contributed by atoms with E-state index in [0.29, 0.717) is 0 Å². The van der Waals surface area contributed by atoms with Crippen LogP contribution < -0.4 is 0 Å². The van der Waals surface area contributed by atoms with E-state index in [4.69, 9.17) is 10.4 Å². The quantitative estimate of drug-likeness (QED) is 0.581. The van der Waals surface area contributed by atoms with E-state index in [1.54, 1.807) is 6.07 Å². The zero-order valence-electron chi connectivity index (χ0n) is 5.96. The van der Waals surface area contributed by atoms with Crippen LogP contribution in [0.2, 0.25) is 0 Å².